The number of anilines is 1. The molecule has 0 radical (unpaired) electrons. The van der Waals surface area contributed by atoms with Crippen molar-refractivity contribution in [2.24, 2.45) is 0 Å². The summed E-state index contributed by atoms with van der Waals surface area (Å²) in [7, 11) is 1.66. The average molecular weight is 313 g/mol. The lowest BCUT2D eigenvalue weighted by Gasteiger charge is -2.17. The summed E-state index contributed by atoms with van der Waals surface area (Å²) in [4.78, 5) is 13.9. The van der Waals surface area contributed by atoms with Gasteiger partial charge in [-0.25, -0.2) is 0 Å². The van der Waals surface area contributed by atoms with Crippen molar-refractivity contribution in [3.63, 3.8) is 0 Å². The van der Waals surface area contributed by atoms with Crippen LogP contribution in [-0.2, 0) is 6.54 Å². The van der Waals surface area contributed by atoms with E-state index in [0.717, 1.165) is 5.76 Å². The number of benzene rings is 1. The molecule has 2 rings (SSSR count). The molecule has 2 N–H and O–H groups in total. The van der Waals surface area contributed by atoms with Gasteiger partial charge in [-0.1, -0.05) is 23.2 Å². The smallest absolute Gasteiger partial charge is 0.255 e. The molecule has 1 amide bonds. The number of rotatable bonds is 3. The van der Waals surface area contributed by atoms with E-state index in [2.05, 4.69) is 0 Å². The molecule has 0 aliphatic heterocycles. The van der Waals surface area contributed by atoms with E-state index in [4.69, 9.17) is 33.4 Å². The molecule has 1 aromatic heterocycles. The first-order valence-electron chi connectivity index (χ1n) is 5.93. The highest BCUT2D eigenvalue weighted by Crippen LogP contribution is 2.29. The molecule has 1 heterocycles. The Kier molecular flexibility index (Phi) is 4.26. The first-order valence-corrected chi connectivity index (χ1v) is 6.69. The number of amides is 1. The Morgan fingerprint density at radius 3 is 2.65 bits per heavy atom. The molecule has 2 aromatic rings. The van der Waals surface area contributed by atoms with Crippen LogP contribution in [0.4, 0.5) is 5.69 Å². The minimum absolute atomic E-state index is 0.202. The molecule has 0 unspecified atom stereocenters. The van der Waals surface area contributed by atoms with Crippen LogP contribution in [0.5, 0.6) is 0 Å². The van der Waals surface area contributed by atoms with Crippen molar-refractivity contribution in [2.75, 3.05) is 12.8 Å². The second kappa shape index (κ2) is 5.77. The van der Waals surface area contributed by atoms with Gasteiger partial charge in [0.25, 0.3) is 5.91 Å². The molecule has 0 saturated heterocycles. The van der Waals surface area contributed by atoms with E-state index in [1.54, 1.807) is 7.05 Å². The van der Waals surface area contributed by atoms with E-state index in [9.17, 15) is 4.79 Å². The first kappa shape index (κ1) is 14.8. The Bertz CT molecular complexity index is 653. The van der Waals surface area contributed by atoms with Crippen molar-refractivity contribution in [2.45, 2.75) is 13.5 Å². The van der Waals surface area contributed by atoms with Crippen LogP contribution in [0.3, 0.4) is 0 Å². The third-order valence-electron chi connectivity index (χ3n) is 2.82. The van der Waals surface area contributed by atoms with Gasteiger partial charge in [-0.2, -0.15) is 0 Å². The minimum atomic E-state index is -0.266. The van der Waals surface area contributed by atoms with Crippen molar-refractivity contribution >= 4 is 34.8 Å². The summed E-state index contributed by atoms with van der Waals surface area (Å²) >= 11 is 12.0. The Morgan fingerprint density at radius 2 is 2.05 bits per heavy atom. The van der Waals surface area contributed by atoms with Crippen LogP contribution in [0.1, 0.15) is 21.9 Å². The number of nitrogens with zero attached hydrogens (tertiary/aromatic N) is 1. The number of halogens is 2. The van der Waals surface area contributed by atoms with Crippen LogP contribution in [0.2, 0.25) is 10.0 Å². The van der Waals surface area contributed by atoms with Crippen molar-refractivity contribution in [3.8, 4) is 0 Å². The van der Waals surface area contributed by atoms with Gasteiger partial charge >= 0.3 is 0 Å². The summed E-state index contributed by atoms with van der Waals surface area (Å²) in [6, 6.07) is 6.70. The maximum absolute atomic E-state index is 12.4. The highest BCUT2D eigenvalue weighted by molar-refractivity contribution is 6.44. The topological polar surface area (TPSA) is 59.5 Å². The number of furan rings is 1. The molecule has 0 aliphatic carbocycles. The highest BCUT2D eigenvalue weighted by Gasteiger charge is 2.19. The van der Waals surface area contributed by atoms with Gasteiger partial charge in [0.1, 0.15) is 11.5 Å². The standard InChI is InChI=1S/C14H14Cl2N2O2/c1-8-3-4-10(20-8)7-18(2)14(19)11-5-9(17)6-12(15)13(11)16/h3-6H,7,17H2,1-2H3. The average Bonchev–Trinajstić information content (AvgIpc) is 2.78. The van der Waals surface area contributed by atoms with Gasteiger partial charge in [-0.3, -0.25) is 4.79 Å². The fourth-order valence-electron chi connectivity index (χ4n) is 1.85. The Morgan fingerprint density at radius 1 is 1.35 bits per heavy atom. The molecule has 0 atom stereocenters. The molecule has 6 heteroatoms. The van der Waals surface area contributed by atoms with E-state index < -0.39 is 0 Å². The molecule has 20 heavy (non-hydrogen) atoms. The lowest BCUT2D eigenvalue weighted by atomic mass is 10.1. The maximum atomic E-state index is 12.4. The number of hydrogen-bond donors (Lipinski definition) is 1. The van der Waals surface area contributed by atoms with E-state index in [-0.39, 0.29) is 21.5 Å². The Hall–Kier alpha value is -1.65. The summed E-state index contributed by atoms with van der Waals surface area (Å²) in [5.41, 5.74) is 6.36. The Labute approximate surface area is 127 Å². The maximum Gasteiger partial charge on any atom is 0.255 e. The lowest BCUT2D eigenvalue weighted by molar-refractivity contribution is 0.0775. The van der Waals surface area contributed by atoms with Gasteiger partial charge in [0.05, 0.1) is 22.2 Å². The van der Waals surface area contributed by atoms with Crippen molar-refractivity contribution < 1.29 is 9.21 Å². The van der Waals surface area contributed by atoms with E-state index in [1.807, 2.05) is 19.1 Å². The molecular formula is C14H14Cl2N2O2. The van der Waals surface area contributed by atoms with Gasteiger partial charge in [0, 0.05) is 12.7 Å². The molecular weight excluding hydrogens is 299 g/mol. The summed E-state index contributed by atoms with van der Waals surface area (Å²) in [5, 5.41) is 0.464. The normalized spacial score (nSPS) is 10.6. The van der Waals surface area contributed by atoms with Crippen LogP contribution in [0.25, 0.3) is 0 Å². The number of carbonyl (C=O) groups is 1. The monoisotopic (exact) mass is 312 g/mol. The zero-order valence-corrected chi connectivity index (χ0v) is 12.6. The molecule has 0 aliphatic rings. The fraction of sp³-hybridized carbons (Fsp3) is 0.214. The summed E-state index contributed by atoms with van der Waals surface area (Å²) in [6.45, 7) is 2.19. The summed E-state index contributed by atoms with van der Waals surface area (Å²) < 4.78 is 5.44. The summed E-state index contributed by atoms with van der Waals surface area (Å²) in [5.74, 6) is 1.23. The number of nitrogen functional groups attached to an aromatic ring is 1. The van der Waals surface area contributed by atoms with Crippen LogP contribution < -0.4 is 5.73 Å². The molecule has 1 aromatic carbocycles. The highest BCUT2D eigenvalue weighted by atomic mass is 35.5. The SMILES string of the molecule is Cc1ccc(CN(C)C(=O)c2cc(N)cc(Cl)c2Cl)o1. The fourth-order valence-corrected chi connectivity index (χ4v) is 2.26. The number of nitrogens with two attached hydrogens (primary N) is 1. The van der Waals surface area contributed by atoms with E-state index in [1.165, 1.54) is 17.0 Å². The van der Waals surface area contributed by atoms with Crippen LogP contribution in [0, 0.1) is 6.92 Å². The van der Waals surface area contributed by atoms with Crippen LogP contribution in [-0.4, -0.2) is 17.9 Å². The minimum Gasteiger partial charge on any atom is -0.464 e. The molecule has 0 fully saturated rings. The number of hydrogen-bond acceptors (Lipinski definition) is 3. The van der Waals surface area contributed by atoms with E-state index in [0.29, 0.717) is 18.0 Å². The third-order valence-corrected chi connectivity index (χ3v) is 3.62. The quantitative estimate of drug-likeness (QED) is 0.878. The molecule has 0 bridgehead atoms. The van der Waals surface area contributed by atoms with Crippen LogP contribution >= 0.6 is 23.2 Å². The second-order valence-electron chi connectivity index (χ2n) is 4.54. The zero-order chi connectivity index (χ0) is 14.9. The lowest BCUT2D eigenvalue weighted by Crippen LogP contribution is -2.26. The predicted octanol–water partition coefficient (Wildman–Crippen LogP) is 3.75. The molecule has 106 valence electrons. The number of aryl methyl sites for hydroxylation is 1. The summed E-state index contributed by atoms with van der Waals surface area (Å²) in [6.07, 6.45) is 0. The first-order chi connectivity index (χ1) is 9.38. The molecule has 4 nitrogen and oxygen atoms in total. The van der Waals surface area contributed by atoms with Gasteiger partial charge in [0.2, 0.25) is 0 Å². The van der Waals surface area contributed by atoms with Crippen LogP contribution in [0.15, 0.2) is 28.7 Å². The largest absolute Gasteiger partial charge is 0.464 e. The third kappa shape index (κ3) is 3.08. The molecule has 0 spiro atoms. The van der Waals surface area contributed by atoms with Crippen molar-refractivity contribution in [3.05, 3.63) is 51.4 Å². The molecule has 0 saturated carbocycles. The second-order valence-corrected chi connectivity index (χ2v) is 5.32. The van der Waals surface area contributed by atoms with Gasteiger partial charge in [-0.05, 0) is 31.2 Å². The number of carbonyl (C=O) groups excluding carboxylic acids is 1. The van der Waals surface area contributed by atoms with Crippen molar-refractivity contribution in [1.82, 2.24) is 4.90 Å². The van der Waals surface area contributed by atoms with Gasteiger partial charge in [0.15, 0.2) is 0 Å². The van der Waals surface area contributed by atoms with Gasteiger partial charge in [-0.15, -0.1) is 0 Å². The Balaban J connectivity index is 2.22. The zero-order valence-electron chi connectivity index (χ0n) is 11.1. The van der Waals surface area contributed by atoms with Crippen molar-refractivity contribution in [1.29, 1.82) is 0 Å². The van der Waals surface area contributed by atoms with E-state index >= 15 is 0 Å². The predicted molar refractivity (Wildman–Crippen MR) is 80.1 cm³/mol. The van der Waals surface area contributed by atoms with Gasteiger partial charge < -0.3 is 15.1 Å².